The topological polar surface area (TPSA) is 119 Å². The van der Waals surface area contributed by atoms with Gasteiger partial charge in [-0.25, -0.2) is 4.79 Å². The zero-order chi connectivity index (χ0) is 39.6. The third kappa shape index (κ3) is 37.6. The maximum Gasteiger partial charge on any atom is 0.326 e. The van der Waals surface area contributed by atoms with E-state index in [9.17, 15) is 19.5 Å². The van der Waals surface area contributed by atoms with E-state index in [1.165, 1.54) is 96.3 Å². The van der Waals surface area contributed by atoms with Crippen LogP contribution in [0, 0.1) is 0 Å². The van der Waals surface area contributed by atoms with E-state index in [1.807, 2.05) is 0 Å². The molecule has 1 amide bonds. The van der Waals surface area contributed by atoms with Crippen LogP contribution in [-0.4, -0.2) is 41.6 Å². The molecule has 2 atom stereocenters. The lowest BCUT2D eigenvalue weighted by Gasteiger charge is -2.15. The number of nitrogens with two attached hydrogens (primary N) is 1. The molecule has 0 aromatic heterocycles. The van der Waals surface area contributed by atoms with Gasteiger partial charge in [-0.15, -0.1) is 0 Å². The maximum atomic E-state index is 12.7. The number of esters is 1. The summed E-state index contributed by atoms with van der Waals surface area (Å²) < 4.78 is 5.93. The third-order valence-corrected chi connectivity index (χ3v) is 9.86. The summed E-state index contributed by atoms with van der Waals surface area (Å²) in [6, 6.07) is -0.858. The van der Waals surface area contributed by atoms with Gasteiger partial charge in [0.15, 0.2) is 0 Å². The van der Waals surface area contributed by atoms with Crippen molar-refractivity contribution < 1.29 is 24.2 Å². The Balaban J connectivity index is 4.20. The third-order valence-electron chi connectivity index (χ3n) is 9.86. The first-order valence-electron chi connectivity index (χ1n) is 22.5. The number of unbranched alkanes of at least 4 members (excludes halogenated alkanes) is 20. The number of carboxylic acid groups (broad SMARTS) is 1. The van der Waals surface area contributed by atoms with Crippen LogP contribution in [0.3, 0.4) is 0 Å². The van der Waals surface area contributed by atoms with Gasteiger partial charge in [-0.2, -0.15) is 0 Å². The molecule has 0 aliphatic heterocycles. The Morgan fingerprint density at radius 3 is 1.63 bits per heavy atom. The molecule has 4 N–H and O–H groups in total. The Kier molecular flexibility index (Phi) is 39.4. The van der Waals surface area contributed by atoms with Gasteiger partial charge in [0, 0.05) is 12.8 Å². The average Bonchev–Trinajstić information content (AvgIpc) is 3.16. The number of ether oxygens (including phenoxy) is 1. The molecular formula is C47H84N2O5. The lowest BCUT2D eigenvalue weighted by atomic mass is 10.0. The number of allylic oxidation sites excluding steroid dienone is 7. The number of aliphatic carboxylic acids is 1. The van der Waals surface area contributed by atoms with Gasteiger partial charge >= 0.3 is 11.9 Å². The summed E-state index contributed by atoms with van der Waals surface area (Å²) in [5.74, 6) is -1.30. The van der Waals surface area contributed by atoms with Crippen LogP contribution >= 0.6 is 0 Å². The highest BCUT2D eigenvalue weighted by Crippen LogP contribution is 2.16. The Morgan fingerprint density at radius 1 is 0.574 bits per heavy atom. The van der Waals surface area contributed by atoms with Gasteiger partial charge in [0.1, 0.15) is 12.1 Å². The van der Waals surface area contributed by atoms with Crippen LogP contribution in [0.1, 0.15) is 213 Å². The highest BCUT2D eigenvalue weighted by molar-refractivity contribution is 5.83. The fourth-order valence-corrected chi connectivity index (χ4v) is 6.50. The minimum Gasteiger partial charge on any atom is -0.480 e. The van der Waals surface area contributed by atoms with Gasteiger partial charge in [0.2, 0.25) is 5.91 Å². The van der Waals surface area contributed by atoms with E-state index in [2.05, 4.69) is 67.8 Å². The summed E-state index contributed by atoms with van der Waals surface area (Å²) in [7, 11) is 0. The number of amides is 1. The fraction of sp³-hybridized carbons (Fsp3) is 0.766. The smallest absolute Gasteiger partial charge is 0.326 e. The number of nitrogens with one attached hydrogen (secondary N) is 1. The first kappa shape index (κ1) is 51.3. The molecule has 0 spiro atoms. The van der Waals surface area contributed by atoms with Gasteiger partial charge in [-0.05, 0) is 96.1 Å². The van der Waals surface area contributed by atoms with Gasteiger partial charge in [0.25, 0.3) is 0 Å². The Labute approximate surface area is 332 Å². The lowest BCUT2D eigenvalue weighted by Crippen LogP contribution is -2.40. The second-order valence-electron chi connectivity index (χ2n) is 15.1. The SMILES string of the molecule is CC/C=C\C/C=C\C/C=C\C(CCCCCCCCC(=O)NC(CCCN)C(=O)O)OC(=O)CCCCCCCCCCC/C=C\CCCCCCCC. The second-order valence-corrected chi connectivity index (χ2v) is 15.1. The number of rotatable bonds is 40. The van der Waals surface area contributed by atoms with Crippen LogP contribution in [0.15, 0.2) is 48.6 Å². The lowest BCUT2D eigenvalue weighted by molar-refractivity contribution is -0.147. The van der Waals surface area contributed by atoms with Crippen LogP contribution < -0.4 is 11.1 Å². The van der Waals surface area contributed by atoms with Crippen molar-refractivity contribution >= 4 is 17.8 Å². The summed E-state index contributed by atoms with van der Waals surface area (Å²) in [6.45, 7) is 4.82. The van der Waals surface area contributed by atoms with E-state index in [-0.39, 0.29) is 18.0 Å². The molecule has 2 unspecified atom stereocenters. The Bertz CT molecular complexity index is 989. The van der Waals surface area contributed by atoms with Gasteiger partial charge in [0.05, 0.1) is 0 Å². The van der Waals surface area contributed by atoms with Crippen molar-refractivity contribution in [1.29, 1.82) is 0 Å². The van der Waals surface area contributed by atoms with Crippen LogP contribution in [0.4, 0.5) is 0 Å². The monoisotopic (exact) mass is 757 g/mol. The molecule has 0 saturated heterocycles. The Hall–Kier alpha value is -2.67. The number of carbonyl (C=O) groups is 3. The molecule has 7 heteroatoms. The summed E-state index contributed by atoms with van der Waals surface area (Å²) >= 11 is 0. The summed E-state index contributed by atoms with van der Waals surface area (Å²) in [5.41, 5.74) is 5.47. The quantitative estimate of drug-likeness (QED) is 0.0325. The predicted octanol–water partition coefficient (Wildman–Crippen LogP) is 12.8. The van der Waals surface area contributed by atoms with Crippen molar-refractivity contribution in [3.63, 3.8) is 0 Å². The summed E-state index contributed by atoms with van der Waals surface area (Å²) in [6.07, 6.45) is 50.5. The Morgan fingerprint density at radius 2 is 1.07 bits per heavy atom. The van der Waals surface area contributed by atoms with Crippen molar-refractivity contribution in [2.24, 2.45) is 5.73 Å². The molecule has 0 aliphatic rings. The van der Waals surface area contributed by atoms with Gasteiger partial charge in [-0.1, -0.05) is 159 Å². The van der Waals surface area contributed by atoms with E-state index in [1.54, 1.807) is 0 Å². The molecule has 0 heterocycles. The minimum atomic E-state index is -1.01. The largest absolute Gasteiger partial charge is 0.480 e. The molecule has 0 aliphatic carbocycles. The highest BCUT2D eigenvalue weighted by Gasteiger charge is 2.18. The van der Waals surface area contributed by atoms with Crippen molar-refractivity contribution in [2.45, 2.75) is 225 Å². The minimum absolute atomic E-state index is 0.0858. The number of carbonyl (C=O) groups excluding carboxylic acids is 2. The number of hydrogen-bond acceptors (Lipinski definition) is 5. The molecular weight excluding hydrogens is 673 g/mol. The van der Waals surface area contributed by atoms with E-state index >= 15 is 0 Å². The molecule has 0 fully saturated rings. The number of carboxylic acids is 1. The molecule has 54 heavy (non-hydrogen) atoms. The zero-order valence-electron chi connectivity index (χ0n) is 35.1. The van der Waals surface area contributed by atoms with E-state index in [4.69, 9.17) is 10.5 Å². The predicted molar refractivity (Wildman–Crippen MR) is 230 cm³/mol. The van der Waals surface area contributed by atoms with E-state index < -0.39 is 12.0 Å². The molecule has 0 radical (unpaired) electrons. The first-order chi connectivity index (χ1) is 26.4. The van der Waals surface area contributed by atoms with Crippen LogP contribution in [-0.2, 0) is 19.1 Å². The van der Waals surface area contributed by atoms with Crippen molar-refractivity contribution in [2.75, 3.05) is 6.54 Å². The molecule has 0 rings (SSSR count). The first-order valence-corrected chi connectivity index (χ1v) is 22.5. The summed E-state index contributed by atoms with van der Waals surface area (Å²) in [4.78, 5) is 36.2. The van der Waals surface area contributed by atoms with E-state index in [0.29, 0.717) is 32.2 Å². The molecule has 0 aromatic carbocycles. The van der Waals surface area contributed by atoms with Crippen LogP contribution in [0.25, 0.3) is 0 Å². The van der Waals surface area contributed by atoms with Crippen molar-refractivity contribution in [3.05, 3.63) is 48.6 Å². The molecule has 312 valence electrons. The van der Waals surface area contributed by atoms with E-state index in [0.717, 1.165) is 77.0 Å². The average molecular weight is 757 g/mol. The summed E-state index contributed by atoms with van der Waals surface area (Å²) in [5, 5.41) is 11.9. The molecule has 0 aromatic rings. The van der Waals surface area contributed by atoms with Crippen molar-refractivity contribution in [1.82, 2.24) is 5.32 Å². The number of hydrogen-bond donors (Lipinski definition) is 3. The highest BCUT2D eigenvalue weighted by atomic mass is 16.5. The second kappa shape index (κ2) is 41.5. The van der Waals surface area contributed by atoms with Gasteiger partial charge < -0.3 is 20.9 Å². The molecule has 0 bridgehead atoms. The van der Waals surface area contributed by atoms with Gasteiger partial charge in [-0.3, -0.25) is 9.59 Å². The van der Waals surface area contributed by atoms with Crippen molar-refractivity contribution in [3.8, 4) is 0 Å². The molecule has 0 saturated carbocycles. The maximum absolute atomic E-state index is 12.7. The fourth-order valence-electron chi connectivity index (χ4n) is 6.50. The normalized spacial score (nSPS) is 13.1. The van der Waals surface area contributed by atoms with Crippen LogP contribution in [0.2, 0.25) is 0 Å². The standard InChI is InChI=1S/C47H84N2O5/c1-3-5-7-9-11-13-14-15-16-17-18-19-20-21-22-23-25-31-35-41-46(51)54-43(37-32-28-24-12-10-8-6-4-2)38-33-29-26-27-30-34-40-45(50)49-44(47(52)53)39-36-42-48/h6,8,12,15-16,24,32,37,43-44H,3-5,7,9-11,13-14,17-23,25-31,33-36,38-42,48H2,1-2H3,(H,49,50)(H,52,53)/b8-6-,16-15-,24-12-,37-32-. The van der Waals surface area contributed by atoms with Crippen LogP contribution in [0.5, 0.6) is 0 Å². The zero-order valence-corrected chi connectivity index (χ0v) is 35.1. The molecule has 7 nitrogen and oxygen atoms in total.